The molecular weight excluding hydrogens is 320 g/mol. The summed E-state index contributed by atoms with van der Waals surface area (Å²) in [6.07, 6.45) is 1.10. The summed E-state index contributed by atoms with van der Waals surface area (Å²) in [7, 11) is 0. The van der Waals surface area contributed by atoms with E-state index in [1.54, 1.807) is 0 Å². The van der Waals surface area contributed by atoms with E-state index in [2.05, 4.69) is 50.7 Å². The highest BCUT2D eigenvalue weighted by molar-refractivity contribution is 6.34. The van der Waals surface area contributed by atoms with Gasteiger partial charge < -0.3 is 5.32 Å². The lowest BCUT2D eigenvalue weighted by molar-refractivity contribution is 0.328. The molecule has 4 nitrogen and oxygen atoms in total. The van der Waals surface area contributed by atoms with E-state index in [1.807, 2.05) is 24.3 Å². The van der Waals surface area contributed by atoms with Crippen LogP contribution in [-0.4, -0.2) is 34.2 Å². The van der Waals surface area contributed by atoms with Crippen LogP contribution in [0.4, 0.5) is 5.82 Å². The maximum absolute atomic E-state index is 6.15. The Morgan fingerprint density at radius 2 is 1.75 bits per heavy atom. The molecule has 122 valence electrons. The Morgan fingerprint density at radius 3 is 2.58 bits per heavy atom. The number of nitrogens with one attached hydrogen (secondary N) is 1. The minimum atomic E-state index is 0.382. The number of likely N-dealkylation sites (tertiary alicyclic amines) is 1. The van der Waals surface area contributed by atoms with Crippen molar-refractivity contribution in [1.82, 2.24) is 15.1 Å². The fraction of sp³-hybridized carbons (Fsp3) is 0.263. The highest BCUT2D eigenvalue weighted by atomic mass is 35.5. The van der Waals surface area contributed by atoms with Crippen LogP contribution in [0.1, 0.15) is 12.0 Å². The van der Waals surface area contributed by atoms with E-state index >= 15 is 0 Å². The van der Waals surface area contributed by atoms with Gasteiger partial charge in [-0.2, -0.15) is 0 Å². The first-order valence-electron chi connectivity index (χ1n) is 8.23. The summed E-state index contributed by atoms with van der Waals surface area (Å²) >= 11 is 6.15. The molecular formula is C19H19ClN4. The molecule has 2 aromatic carbocycles. The molecule has 1 saturated heterocycles. The highest BCUT2D eigenvalue weighted by Gasteiger charge is 2.23. The molecule has 1 aliphatic rings. The van der Waals surface area contributed by atoms with Gasteiger partial charge in [0, 0.05) is 36.4 Å². The minimum absolute atomic E-state index is 0.382. The summed E-state index contributed by atoms with van der Waals surface area (Å²) in [6.45, 7) is 3.09. The first-order valence-corrected chi connectivity index (χ1v) is 8.61. The monoisotopic (exact) mass is 338 g/mol. The second-order valence-electron chi connectivity index (χ2n) is 6.24. The molecule has 0 spiro atoms. The van der Waals surface area contributed by atoms with Gasteiger partial charge in [0.15, 0.2) is 11.0 Å². The Balaban J connectivity index is 1.46. The van der Waals surface area contributed by atoms with Gasteiger partial charge >= 0.3 is 0 Å². The average molecular weight is 339 g/mol. The Hall–Kier alpha value is -2.17. The van der Waals surface area contributed by atoms with E-state index in [4.69, 9.17) is 11.6 Å². The Morgan fingerprint density at radius 1 is 1.00 bits per heavy atom. The van der Waals surface area contributed by atoms with Crippen LogP contribution in [0, 0.1) is 0 Å². The van der Waals surface area contributed by atoms with Crippen molar-refractivity contribution < 1.29 is 0 Å². The number of aromatic nitrogens is 2. The number of halogens is 1. The molecule has 1 atom stereocenters. The van der Waals surface area contributed by atoms with E-state index in [0.29, 0.717) is 11.2 Å². The zero-order chi connectivity index (χ0) is 16.4. The van der Waals surface area contributed by atoms with Crippen molar-refractivity contribution in [2.45, 2.75) is 19.0 Å². The van der Waals surface area contributed by atoms with Crippen LogP contribution in [0.3, 0.4) is 0 Å². The standard InChI is InChI=1S/C19H19ClN4/c20-18-16-8-4-5-9-17(16)19(23-22-18)21-15-10-11-24(13-15)12-14-6-2-1-3-7-14/h1-9,15H,10-13H2,(H,21,23). The maximum Gasteiger partial charge on any atom is 0.159 e. The molecule has 1 unspecified atom stereocenters. The summed E-state index contributed by atoms with van der Waals surface area (Å²) < 4.78 is 0. The maximum atomic E-state index is 6.15. The normalized spacial score (nSPS) is 18.1. The van der Waals surface area contributed by atoms with E-state index in [0.717, 1.165) is 42.6 Å². The molecule has 5 heteroatoms. The topological polar surface area (TPSA) is 41.1 Å². The molecule has 4 rings (SSSR count). The first-order chi connectivity index (χ1) is 11.8. The molecule has 0 bridgehead atoms. The Bertz CT molecular complexity index is 837. The molecule has 24 heavy (non-hydrogen) atoms. The van der Waals surface area contributed by atoms with Gasteiger partial charge in [-0.3, -0.25) is 4.90 Å². The van der Waals surface area contributed by atoms with Crippen LogP contribution in [0.2, 0.25) is 5.15 Å². The van der Waals surface area contributed by atoms with Crippen molar-refractivity contribution in [3.05, 3.63) is 65.3 Å². The number of hydrogen-bond donors (Lipinski definition) is 1. The second kappa shape index (κ2) is 6.75. The molecule has 1 aromatic heterocycles. The first kappa shape index (κ1) is 15.4. The molecule has 0 aliphatic carbocycles. The lowest BCUT2D eigenvalue weighted by atomic mass is 10.2. The summed E-state index contributed by atoms with van der Waals surface area (Å²) in [6, 6.07) is 19.0. The van der Waals surface area contributed by atoms with E-state index in [9.17, 15) is 0 Å². The highest BCUT2D eigenvalue weighted by Crippen LogP contribution is 2.27. The number of anilines is 1. The molecule has 1 aliphatic heterocycles. The van der Waals surface area contributed by atoms with E-state index in [-0.39, 0.29) is 0 Å². The number of benzene rings is 2. The zero-order valence-electron chi connectivity index (χ0n) is 13.3. The third-order valence-electron chi connectivity index (χ3n) is 4.50. The van der Waals surface area contributed by atoms with Gasteiger partial charge in [-0.15, -0.1) is 10.2 Å². The lowest BCUT2D eigenvalue weighted by Crippen LogP contribution is -2.26. The van der Waals surface area contributed by atoms with Crippen molar-refractivity contribution in [3.8, 4) is 0 Å². The minimum Gasteiger partial charge on any atom is -0.364 e. The van der Waals surface area contributed by atoms with Crippen molar-refractivity contribution in [1.29, 1.82) is 0 Å². The van der Waals surface area contributed by atoms with Crippen LogP contribution in [-0.2, 0) is 6.54 Å². The fourth-order valence-corrected chi connectivity index (χ4v) is 3.51. The molecule has 3 aromatic rings. The van der Waals surface area contributed by atoms with Gasteiger partial charge in [0.05, 0.1) is 0 Å². The van der Waals surface area contributed by atoms with Crippen molar-refractivity contribution in [2.24, 2.45) is 0 Å². The van der Waals surface area contributed by atoms with Crippen LogP contribution in [0.25, 0.3) is 10.8 Å². The lowest BCUT2D eigenvalue weighted by Gasteiger charge is -2.17. The summed E-state index contributed by atoms with van der Waals surface area (Å²) in [4.78, 5) is 2.47. The van der Waals surface area contributed by atoms with Gasteiger partial charge in [-0.05, 0) is 12.0 Å². The predicted molar refractivity (Wildman–Crippen MR) is 98.3 cm³/mol. The van der Waals surface area contributed by atoms with E-state index in [1.165, 1.54) is 5.56 Å². The molecule has 0 radical (unpaired) electrons. The largest absolute Gasteiger partial charge is 0.364 e. The molecule has 2 heterocycles. The fourth-order valence-electron chi connectivity index (χ4n) is 3.31. The van der Waals surface area contributed by atoms with Crippen molar-refractivity contribution >= 4 is 28.2 Å². The SMILES string of the molecule is Clc1nnc(NC2CCN(Cc3ccccc3)C2)c2ccccc12. The van der Waals surface area contributed by atoms with Gasteiger partial charge in [-0.25, -0.2) is 0 Å². The van der Waals surface area contributed by atoms with Crippen LogP contribution < -0.4 is 5.32 Å². The average Bonchev–Trinajstić information content (AvgIpc) is 3.05. The number of fused-ring (bicyclic) bond motifs is 1. The molecule has 1 fully saturated rings. The molecule has 0 amide bonds. The predicted octanol–water partition coefficient (Wildman–Crippen LogP) is 3.97. The van der Waals surface area contributed by atoms with Gasteiger partial charge in [0.25, 0.3) is 0 Å². The second-order valence-corrected chi connectivity index (χ2v) is 6.59. The van der Waals surface area contributed by atoms with Crippen molar-refractivity contribution in [2.75, 3.05) is 18.4 Å². The van der Waals surface area contributed by atoms with E-state index < -0.39 is 0 Å². The van der Waals surface area contributed by atoms with Crippen LogP contribution in [0.15, 0.2) is 54.6 Å². The Labute approximate surface area is 146 Å². The number of hydrogen-bond acceptors (Lipinski definition) is 4. The molecule has 0 saturated carbocycles. The zero-order valence-corrected chi connectivity index (χ0v) is 14.1. The molecule has 1 N–H and O–H groups in total. The summed E-state index contributed by atoms with van der Waals surface area (Å²) in [5.74, 6) is 0.821. The Kier molecular flexibility index (Phi) is 4.32. The number of rotatable bonds is 4. The van der Waals surface area contributed by atoms with Gasteiger partial charge in [0.2, 0.25) is 0 Å². The van der Waals surface area contributed by atoms with Crippen molar-refractivity contribution in [3.63, 3.8) is 0 Å². The summed E-state index contributed by atoms with van der Waals surface area (Å²) in [5, 5.41) is 14.3. The van der Waals surface area contributed by atoms with Gasteiger partial charge in [0.1, 0.15) is 0 Å². The third-order valence-corrected chi connectivity index (χ3v) is 4.78. The summed E-state index contributed by atoms with van der Waals surface area (Å²) in [5.41, 5.74) is 1.36. The van der Waals surface area contributed by atoms with Crippen LogP contribution in [0.5, 0.6) is 0 Å². The quantitative estimate of drug-likeness (QED) is 0.781. The smallest absolute Gasteiger partial charge is 0.159 e. The number of nitrogens with zero attached hydrogens (tertiary/aromatic N) is 3. The van der Waals surface area contributed by atoms with Gasteiger partial charge in [-0.1, -0.05) is 66.2 Å². The van der Waals surface area contributed by atoms with Crippen LogP contribution >= 0.6 is 11.6 Å². The third kappa shape index (κ3) is 3.21.